The monoisotopic (exact) mass is 143 g/mol. The van der Waals surface area contributed by atoms with E-state index in [1.54, 1.807) is 0 Å². The Morgan fingerprint density at radius 3 is 2.30 bits per heavy atom. The quantitative estimate of drug-likeness (QED) is 0.562. The van der Waals surface area contributed by atoms with Gasteiger partial charge in [0.2, 0.25) is 0 Å². The van der Waals surface area contributed by atoms with Gasteiger partial charge in [0.25, 0.3) is 0 Å². The van der Waals surface area contributed by atoms with Crippen LogP contribution in [0.5, 0.6) is 0 Å². The highest BCUT2D eigenvalue weighted by Crippen LogP contribution is 2.14. The average Bonchev–Trinajstić information content (AvgIpc) is 1.89. The van der Waals surface area contributed by atoms with E-state index >= 15 is 0 Å². The highest BCUT2D eigenvalue weighted by molar-refractivity contribution is 4.51. The third kappa shape index (κ3) is 1.96. The van der Waals surface area contributed by atoms with E-state index in [2.05, 4.69) is 7.05 Å². The number of piperidine rings is 1. The molecule has 1 heterocycles. The van der Waals surface area contributed by atoms with Crippen LogP contribution in [0.3, 0.4) is 0 Å². The lowest BCUT2D eigenvalue weighted by molar-refractivity contribution is -0.912. The van der Waals surface area contributed by atoms with Gasteiger partial charge in [0.05, 0.1) is 26.7 Å². The van der Waals surface area contributed by atoms with Crippen LogP contribution >= 0.6 is 0 Å². The fourth-order valence-corrected chi connectivity index (χ4v) is 1.81. The number of likely N-dealkylation sites (tertiary alicyclic amines) is 1. The second-order valence-electron chi connectivity index (χ2n) is 3.64. The van der Waals surface area contributed by atoms with Crippen LogP contribution in [0.25, 0.3) is 0 Å². The summed E-state index contributed by atoms with van der Waals surface area (Å²) in [6.45, 7) is 4.70. The van der Waals surface area contributed by atoms with Crippen molar-refractivity contribution >= 4 is 0 Å². The molecule has 0 aliphatic carbocycles. The van der Waals surface area contributed by atoms with Gasteiger partial charge in [0.1, 0.15) is 0 Å². The van der Waals surface area contributed by atoms with Gasteiger partial charge in [-0.2, -0.15) is 0 Å². The molecule has 1 saturated heterocycles. The zero-order valence-electron chi connectivity index (χ0n) is 6.97. The van der Waals surface area contributed by atoms with Crippen LogP contribution in [-0.4, -0.2) is 37.7 Å². The number of nitrogens with two attached hydrogens (primary N) is 1. The summed E-state index contributed by atoms with van der Waals surface area (Å²) in [7, 11) is 2.33. The van der Waals surface area contributed by atoms with Crippen LogP contribution in [0, 0.1) is 0 Å². The molecule has 0 spiro atoms. The number of likely N-dealkylation sites (N-methyl/N-ethyl adjacent to an activating group) is 1. The Morgan fingerprint density at radius 2 is 1.80 bits per heavy atom. The summed E-state index contributed by atoms with van der Waals surface area (Å²) >= 11 is 0. The van der Waals surface area contributed by atoms with Gasteiger partial charge in [-0.15, -0.1) is 0 Å². The summed E-state index contributed by atoms with van der Waals surface area (Å²) in [6.07, 6.45) is 4.23. The standard InChI is InChI=1S/C8H19N2/c1-10(8-5-9)6-3-2-4-7-10/h2-9H2,1H3/q+1. The molecule has 1 aliphatic rings. The first-order valence-electron chi connectivity index (χ1n) is 4.30. The fraction of sp³-hybridized carbons (Fsp3) is 1.00. The normalized spacial score (nSPS) is 24.6. The molecule has 2 nitrogen and oxygen atoms in total. The van der Waals surface area contributed by atoms with Gasteiger partial charge < -0.3 is 10.2 Å². The molecule has 10 heavy (non-hydrogen) atoms. The van der Waals surface area contributed by atoms with Crippen molar-refractivity contribution in [1.82, 2.24) is 0 Å². The molecule has 0 atom stereocenters. The number of quaternary nitrogens is 1. The number of hydrogen-bond donors (Lipinski definition) is 1. The molecule has 1 aliphatic heterocycles. The van der Waals surface area contributed by atoms with Gasteiger partial charge in [-0.05, 0) is 19.3 Å². The SMILES string of the molecule is C[N+]1(CCN)CCCCC1. The summed E-state index contributed by atoms with van der Waals surface area (Å²) in [4.78, 5) is 0. The maximum absolute atomic E-state index is 5.53. The zero-order chi connectivity index (χ0) is 7.45. The zero-order valence-corrected chi connectivity index (χ0v) is 6.97. The maximum atomic E-state index is 5.53. The van der Waals surface area contributed by atoms with Crippen LogP contribution in [0.1, 0.15) is 19.3 Å². The Kier molecular flexibility index (Phi) is 2.69. The van der Waals surface area contributed by atoms with Crippen LogP contribution in [0.15, 0.2) is 0 Å². The van der Waals surface area contributed by atoms with Gasteiger partial charge in [-0.3, -0.25) is 0 Å². The van der Waals surface area contributed by atoms with E-state index in [1.807, 2.05) is 0 Å². The molecule has 0 saturated carbocycles. The van der Waals surface area contributed by atoms with Gasteiger partial charge in [-0.25, -0.2) is 0 Å². The van der Waals surface area contributed by atoms with Crippen molar-refractivity contribution in [2.75, 3.05) is 33.2 Å². The minimum absolute atomic E-state index is 0.844. The molecule has 0 aromatic heterocycles. The van der Waals surface area contributed by atoms with E-state index in [9.17, 15) is 0 Å². The summed E-state index contributed by atoms with van der Waals surface area (Å²) in [5, 5.41) is 0. The van der Waals surface area contributed by atoms with Gasteiger partial charge in [-0.1, -0.05) is 0 Å². The van der Waals surface area contributed by atoms with E-state index < -0.39 is 0 Å². The highest BCUT2D eigenvalue weighted by atomic mass is 15.3. The molecule has 1 rings (SSSR count). The van der Waals surface area contributed by atoms with E-state index in [0.29, 0.717) is 0 Å². The molecule has 2 heteroatoms. The fourth-order valence-electron chi connectivity index (χ4n) is 1.81. The van der Waals surface area contributed by atoms with Crippen LogP contribution in [0.4, 0.5) is 0 Å². The van der Waals surface area contributed by atoms with Crippen LogP contribution < -0.4 is 5.73 Å². The summed E-state index contributed by atoms with van der Waals surface area (Å²) in [6, 6.07) is 0. The number of nitrogens with zero attached hydrogens (tertiary/aromatic N) is 1. The predicted octanol–water partition coefficient (Wildman–Crippen LogP) is 0.576. The average molecular weight is 143 g/mol. The second-order valence-corrected chi connectivity index (χ2v) is 3.64. The Morgan fingerprint density at radius 1 is 1.20 bits per heavy atom. The Hall–Kier alpha value is -0.0800. The molecule has 0 bridgehead atoms. The lowest BCUT2D eigenvalue weighted by Crippen LogP contribution is -2.50. The molecular weight excluding hydrogens is 124 g/mol. The molecule has 0 unspecified atom stereocenters. The topological polar surface area (TPSA) is 26.0 Å². The van der Waals surface area contributed by atoms with Crippen molar-refractivity contribution in [3.63, 3.8) is 0 Å². The first-order valence-corrected chi connectivity index (χ1v) is 4.30. The molecule has 0 aromatic carbocycles. The second kappa shape index (κ2) is 3.35. The van der Waals surface area contributed by atoms with Crippen LogP contribution in [0.2, 0.25) is 0 Å². The molecular formula is C8H19N2+. The first-order chi connectivity index (χ1) is 4.77. The molecule has 0 amide bonds. The Balaban J connectivity index is 2.32. The van der Waals surface area contributed by atoms with E-state index in [0.717, 1.165) is 6.54 Å². The third-order valence-electron chi connectivity index (χ3n) is 2.56. The lowest BCUT2D eigenvalue weighted by Gasteiger charge is -2.37. The van der Waals surface area contributed by atoms with Gasteiger partial charge >= 0.3 is 0 Å². The first kappa shape index (κ1) is 8.02. The maximum Gasteiger partial charge on any atom is 0.0909 e. The molecule has 0 aromatic rings. The summed E-state index contributed by atoms with van der Waals surface area (Å²) in [5.41, 5.74) is 5.53. The van der Waals surface area contributed by atoms with E-state index in [1.165, 1.54) is 43.4 Å². The van der Waals surface area contributed by atoms with Crippen molar-refractivity contribution in [3.8, 4) is 0 Å². The summed E-state index contributed by atoms with van der Waals surface area (Å²) < 4.78 is 1.22. The largest absolute Gasteiger partial charge is 0.326 e. The van der Waals surface area contributed by atoms with Crippen molar-refractivity contribution in [1.29, 1.82) is 0 Å². The van der Waals surface area contributed by atoms with Crippen molar-refractivity contribution < 1.29 is 4.48 Å². The highest BCUT2D eigenvalue weighted by Gasteiger charge is 2.22. The Bertz CT molecular complexity index is 89.9. The van der Waals surface area contributed by atoms with E-state index in [4.69, 9.17) is 5.73 Å². The van der Waals surface area contributed by atoms with Crippen LogP contribution in [-0.2, 0) is 0 Å². The number of rotatable bonds is 2. The van der Waals surface area contributed by atoms with Crippen molar-refractivity contribution in [3.05, 3.63) is 0 Å². The number of hydrogen-bond acceptors (Lipinski definition) is 1. The van der Waals surface area contributed by atoms with Gasteiger partial charge in [0.15, 0.2) is 0 Å². The molecule has 0 radical (unpaired) electrons. The van der Waals surface area contributed by atoms with Crippen molar-refractivity contribution in [2.45, 2.75) is 19.3 Å². The van der Waals surface area contributed by atoms with Gasteiger partial charge in [0, 0.05) is 6.54 Å². The third-order valence-corrected chi connectivity index (χ3v) is 2.56. The molecule has 60 valence electrons. The molecule has 1 fully saturated rings. The minimum atomic E-state index is 0.844. The minimum Gasteiger partial charge on any atom is -0.326 e. The lowest BCUT2D eigenvalue weighted by atomic mass is 10.1. The summed E-state index contributed by atoms with van der Waals surface area (Å²) in [5.74, 6) is 0. The van der Waals surface area contributed by atoms with Crippen molar-refractivity contribution in [2.24, 2.45) is 5.73 Å². The Labute approximate surface area is 63.6 Å². The van der Waals surface area contributed by atoms with E-state index in [-0.39, 0.29) is 0 Å². The predicted molar refractivity (Wildman–Crippen MR) is 43.7 cm³/mol. The smallest absolute Gasteiger partial charge is 0.0909 e. The molecule has 2 N–H and O–H groups in total.